The van der Waals surface area contributed by atoms with E-state index in [4.69, 9.17) is 4.74 Å². The van der Waals surface area contributed by atoms with Crippen molar-refractivity contribution >= 4 is 17.8 Å². The standard InChI is InChI=1S/C17H23N7O3/c1-3-27-17(26)24-10-8-14(9-11-24)19-16(25)18-13-6-4-12(5-7-13)15-20-22-23(2)21-15/h4-7,14H,3,8-11H2,1-2H3,(H2,18,19,25). The van der Waals surface area contributed by atoms with Crippen LogP contribution in [0.25, 0.3) is 11.4 Å². The second kappa shape index (κ2) is 8.47. The quantitative estimate of drug-likeness (QED) is 0.842. The first-order valence-electron chi connectivity index (χ1n) is 8.89. The smallest absolute Gasteiger partial charge is 0.409 e. The normalized spacial score (nSPS) is 14.7. The van der Waals surface area contributed by atoms with Crippen molar-refractivity contribution in [1.29, 1.82) is 0 Å². The number of nitrogens with zero attached hydrogens (tertiary/aromatic N) is 5. The number of carbonyl (C=O) groups is 2. The third kappa shape index (κ3) is 4.93. The molecule has 1 saturated heterocycles. The van der Waals surface area contributed by atoms with Crippen molar-refractivity contribution in [2.24, 2.45) is 7.05 Å². The number of benzene rings is 1. The number of nitrogens with one attached hydrogen (secondary N) is 2. The van der Waals surface area contributed by atoms with Gasteiger partial charge >= 0.3 is 12.1 Å². The Morgan fingerprint density at radius 2 is 1.93 bits per heavy atom. The fourth-order valence-electron chi connectivity index (χ4n) is 2.88. The SMILES string of the molecule is CCOC(=O)N1CCC(NC(=O)Nc2ccc(-c3nnn(C)n3)cc2)CC1. The van der Waals surface area contributed by atoms with Crippen molar-refractivity contribution in [3.8, 4) is 11.4 Å². The van der Waals surface area contributed by atoms with Gasteiger partial charge in [-0.15, -0.1) is 10.2 Å². The van der Waals surface area contributed by atoms with Crippen molar-refractivity contribution in [2.75, 3.05) is 25.0 Å². The number of likely N-dealkylation sites (tertiary alicyclic amines) is 1. The number of amides is 3. The van der Waals surface area contributed by atoms with Gasteiger partial charge in [-0.2, -0.15) is 4.80 Å². The molecule has 1 aromatic heterocycles. The molecule has 2 heterocycles. The summed E-state index contributed by atoms with van der Waals surface area (Å²) < 4.78 is 4.99. The minimum absolute atomic E-state index is 0.0266. The van der Waals surface area contributed by atoms with Gasteiger partial charge in [0.2, 0.25) is 5.82 Å². The lowest BCUT2D eigenvalue weighted by atomic mass is 10.1. The van der Waals surface area contributed by atoms with E-state index in [2.05, 4.69) is 26.0 Å². The average Bonchev–Trinajstić information content (AvgIpc) is 3.09. The number of piperidine rings is 1. The van der Waals surface area contributed by atoms with Crippen molar-refractivity contribution in [3.63, 3.8) is 0 Å². The maximum absolute atomic E-state index is 12.2. The number of tetrazole rings is 1. The summed E-state index contributed by atoms with van der Waals surface area (Å²) in [6.07, 6.45) is 1.10. The summed E-state index contributed by atoms with van der Waals surface area (Å²) >= 11 is 0. The first kappa shape index (κ1) is 18.6. The Labute approximate surface area is 156 Å². The van der Waals surface area contributed by atoms with E-state index in [1.807, 2.05) is 12.1 Å². The highest BCUT2D eigenvalue weighted by molar-refractivity contribution is 5.89. The average molecular weight is 373 g/mol. The molecule has 1 aromatic carbocycles. The number of aromatic nitrogens is 4. The molecule has 10 nitrogen and oxygen atoms in total. The third-order valence-electron chi connectivity index (χ3n) is 4.27. The molecule has 2 N–H and O–H groups in total. The van der Waals surface area contributed by atoms with E-state index in [-0.39, 0.29) is 18.2 Å². The van der Waals surface area contributed by atoms with E-state index in [1.54, 1.807) is 31.0 Å². The zero-order chi connectivity index (χ0) is 19.2. The number of hydrogen-bond donors (Lipinski definition) is 2. The molecule has 2 aromatic rings. The van der Waals surface area contributed by atoms with Gasteiger partial charge in [0, 0.05) is 30.4 Å². The van der Waals surface area contributed by atoms with Gasteiger partial charge in [-0.1, -0.05) is 0 Å². The second-order valence-electron chi connectivity index (χ2n) is 6.24. The molecule has 0 unspecified atom stereocenters. The third-order valence-corrected chi connectivity index (χ3v) is 4.27. The molecule has 1 aliphatic heterocycles. The van der Waals surface area contributed by atoms with Crippen LogP contribution < -0.4 is 10.6 Å². The van der Waals surface area contributed by atoms with Gasteiger partial charge in [0.15, 0.2) is 0 Å². The largest absolute Gasteiger partial charge is 0.450 e. The van der Waals surface area contributed by atoms with Crippen LogP contribution in [0.2, 0.25) is 0 Å². The lowest BCUT2D eigenvalue weighted by Gasteiger charge is -2.31. The Hall–Kier alpha value is -3.17. The Kier molecular flexibility index (Phi) is 5.84. The van der Waals surface area contributed by atoms with Crippen LogP contribution >= 0.6 is 0 Å². The number of urea groups is 1. The number of ether oxygens (including phenoxy) is 1. The molecule has 0 saturated carbocycles. The van der Waals surface area contributed by atoms with Crippen LogP contribution in [0.15, 0.2) is 24.3 Å². The first-order valence-corrected chi connectivity index (χ1v) is 8.89. The van der Waals surface area contributed by atoms with Crippen LogP contribution in [-0.4, -0.2) is 63.0 Å². The van der Waals surface area contributed by atoms with E-state index in [0.29, 0.717) is 44.0 Å². The molecule has 3 amide bonds. The van der Waals surface area contributed by atoms with Gasteiger partial charge in [-0.05, 0) is 49.2 Å². The lowest BCUT2D eigenvalue weighted by molar-refractivity contribution is 0.0959. The fourth-order valence-corrected chi connectivity index (χ4v) is 2.88. The highest BCUT2D eigenvalue weighted by Crippen LogP contribution is 2.17. The van der Waals surface area contributed by atoms with Crippen molar-refractivity contribution < 1.29 is 14.3 Å². The summed E-state index contributed by atoms with van der Waals surface area (Å²) in [5, 5.41) is 17.6. The zero-order valence-electron chi connectivity index (χ0n) is 15.4. The van der Waals surface area contributed by atoms with E-state index < -0.39 is 0 Å². The predicted molar refractivity (Wildman–Crippen MR) is 98.0 cm³/mol. The predicted octanol–water partition coefficient (Wildman–Crippen LogP) is 1.62. The molecular weight excluding hydrogens is 350 g/mol. The molecule has 0 aliphatic carbocycles. The number of hydrogen-bond acceptors (Lipinski definition) is 6. The van der Waals surface area contributed by atoms with Gasteiger partial charge in [-0.3, -0.25) is 0 Å². The summed E-state index contributed by atoms with van der Waals surface area (Å²) in [4.78, 5) is 26.9. The Bertz CT molecular complexity index is 782. The summed E-state index contributed by atoms with van der Waals surface area (Å²) in [5.74, 6) is 0.530. The number of carbonyl (C=O) groups excluding carboxylic acids is 2. The number of rotatable bonds is 4. The first-order chi connectivity index (χ1) is 13.0. The van der Waals surface area contributed by atoms with Crippen LogP contribution in [0, 0.1) is 0 Å². The molecule has 10 heteroatoms. The molecule has 144 valence electrons. The maximum Gasteiger partial charge on any atom is 0.409 e. The van der Waals surface area contributed by atoms with Gasteiger partial charge in [0.1, 0.15) is 0 Å². The van der Waals surface area contributed by atoms with Crippen molar-refractivity contribution in [3.05, 3.63) is 24.3 Å². The van der Waals surface area contributed by atoms with Crippen molar-refractivity contribution in [2.45, 2.75) is 25.8 Å². The van der Waals surface area contributed by atoms with Crippen LogP contribution in [0.4, 0.5) is 15.3 Å². The molecule has 0 bridgehead atoms. The summed E-state index contributed by atoms with van der Waals surface area (Å²) in [5.41, 5.74) is 1.49. The lowest BCUT2D eigenvalue weighted by Crippen LogP contribution is -2.47. The van der Waals surface area contributed by atoms with Crippen molar-refractivity contribution in [1.82, 2.24) is 30.4 Å². The molecular formula is C17H23N7O3. The van der Waals surface area contributed by atoms with Crippen LogP contribution in [0.3, 0.4) is 0 Å². The van der Waals surface area contributed by atoms with Gasteiger partial charge < -0.3 is 20.3 Å². The van der Waals surface area contributed by atoms with Crippen LogP contribution in [-0.2, 0) is 11.8 Å². The summed E-state index contributed by atoms with van der Waals surface area (Å²) in [7, 11) is 1.70. The van der Waals surface area contributed by atoms with E-state index in [1.165, 1.54) is 4.80 Å². The highest BCUT2D eigenvalue weighted by atomic mass is 16.6. The molecule has 27 heavy (non-hydrogen) atoms. The van der Waals surface area contributed by atoms with Gasteiger partial charge in [0.05, 0.1) is 13.7 Å². The zero-order valence-corrected chi connectivity index (χ0v) is 15.4. The van der Waals surface area contributed by atoms with Crippen LogP contribution in [0.5, 0.6) is 0 Å². The topological polar surface area (TPSA) is 114 Å². The van der Waals surface area contributed by atoms with Gasteiger partial charge in [-0.25, -0.2) is 9.59 Å². The fraction of sp³-hybridized carbons (Fsp3) is 0.471. The summed E-state index contributed by atoms with van der Waals surface area (Å²) in [6, 6.07) is 6.98. The van der Waals surface area contributed by atoms with Crippen LogP contribution in [0.1, 0.15) is 19.8 Å². The van der Waals surface area contributed by atoms with E-state index >= 15 is 0 Å². The van der Waals surface area contributed by atoms with Gasteiger partial charge in [0.25, 0.3) is 0 Å². The molecule has 1 fully saturated rings. The highest BCUT2D eigenvalue weighted by Gasteiger charge is 2.24. The number of aryl methyl sites for hydroxylation is 1. The second-order valence-corrected chi connectivity index (χ2v) is 6.24. The summed E-state index contributed by atoms with van der Waals surface area (Å²) in [6.45, 7) is 3.30. The molecule has 0 atom stereocenters. The molecule has 0 radical (unpaired) electrons. The minimum Gasteiger partial charge on any atom is -0.450 e. The Balaban J connectivity index is 1.46. The van der Waals surface area contributed by atoms with E-state index in [9.17, 15) is 9.59 Å². The van der Waals surface area contributed by atoms with E-state index in [0.717, 1.165) is 5.56 Å². The maximum atomic E-state index is 12.2. The Morgan fingerprint density at radius 1 is 1.22 bits per heavy atom. The molecule has 3 rings (SSSR count). The molecule has 1 aliphatic rings. The minimum atomic E-state index is -0.293. The number of anilines is 1. The molecule has 0 spiro atoms. The Morgan fingerprint density at radius 3 is 2.52 bits per heavy atom. The monoisotopic (exact) mass is 373 g/mol.